The van der Waals surface area contributed by atoms with E-state index in [1.54, 1.807) is 23.1 Å². The highest BCUT2D eigenvalue weighted by Gasteiger charge is 2.39. The van der Waals surface area contributed by atoms with Crippen LogP contribution in [-0.4, -0.2) is 97.7 Å². The third-order valence-corrected chi connectivity index (χ3v) is 8.50. The van der Waals surface area contributed by atoms with Gasteiger partial charge in [0.05, 0.1) is 58.6 Å². The van der Waals surface area contributed by atoms with Gasteiger partial charge in [0.1, 0.15) is 28.5 Å². The molecule has 3 atom stereocenters. The highest BCUT2D eigenvalue weighted by Crippen LogP contribution is 2.38. The Balaban J connectivity index is 1.53. The maximum absolute atomic E-state index is 14.0. The predicted octanol–water partition coefficient (Wildman–Crippen LogP) is 2.12. The summed E-state index contributed by atoms with van der Waals surface area (Å²) >= 11 is 0. The lowest BCUT2D eigenvalue weighted by molar-refractivity contribution is -0.0941. The van der Waals surface area contributed by atoms with Gasteiger partial charge in [-0.2, -0.15) is 0 Å². The molecule has 228 valence electrons. The van der Waals surface area contributed by atoms with Crippen LogP contribution in [0.2, 0.25) is 0 Å². The van der Waals surface area contributed by atoms with Crippen molar-refractivity contribution in [2.24, 2.45) is 0 Å². The van der Waals surface area contributed by atoms with Crippen LogP contribution >= 0.6 is 0 Å². The smallest absolute Gasteiger partial charge is 0.243 e. The average molecular weight is 608 g/mol. The number of anilines is 2. The van der Waals surface area contributed by atoms with Crippen molar-refractivity contribution in [3.63, 3.8) is 0 Å². The molecule has 14 nitrogen and oxygen atoms in total. The van der Waals surface area contributed by atoms with Gasteiger partial charge in [-0.25, -0.2) is 22.8 Å². The van der Waals surface area contributed by atoms with Gasteiger partial charge in [0.2, 0.25) is 21.9 Å². The number of rotatable bonds is 10. The summed E-state index contributed by atoms with van der Waals surface area (Å²) in [6.45, 7) is 5.09. The van der Waals surface area contributed by atoms with Gasteiger partial charge in [-0.3, -0.25) is 9.29 Å². The van der Waals surface area contributed by atoms with Gasteiger partial charge >= 0.3 is 0 Å². The van der Waals surface area contributed by atoms with Crippen molar-refractivity contribution in [3.8, 4) is 17.2 Å². The number of para-hydroxylation sites is 1. The highest BCUT2D eigenvalue weighted by atomic mass is 32.2. The first-order valence-corrected chi connectivity index (χ1v) is 15.0. The summed E-state index contributed by atoms with van der Waals surface area (Å²) in [6, 6.07) is 5.18. The second kappa shape index (κ2) is 12.7. The molecule has 0 spiro atoms. The fourth-order valence-electron chi connectivity index (χ4n) is 5.04. The minimum absolute atomic E-state index is 0.0392. The molecule has 2 aliphatic rings. The van der Waals surface area contributed by atoms with Crippen molar-refractivity contribution < 1.29 is 36.5 Å². The molecule has 3 aromatic rings. The zero-order valence-corrected chi connectivity index (χ0v) is 24.6. The summed E-state index contributed by atoms with van der Waals surface area (Å²) in [5, 5.41) is 7.55. The summed E-state index contributed by atoms with van der Waals surface area (Å²) in [5.41, 5.74) is 0.389. The minimum atomic E-state index is -4.12. The first kappa shape index (κ1) is 29.9. The second-order valence-corrected chi connectivity index (χ2v) is 12.0. The van der Waals surface area contributed by atoms with Crippen molar-refractivity contribution in [1.82, 2.24) is 24.7 Å². The van der Waals surface area contributed by atoms with Crippen LogP contribution in [-0.2, 0) is 24.2 Å². The Bertz CT molecular complexity index is 1440. The summed E-state index contributed by atoms with van der Waals surface area (Å²) in [4.78, 5) is 9.78. The first-order valence-electron chi connectivity index (χ1n) is 13.5. The molecule has 2 saturated heterocycles. The molecule has 2 fully saturated rings. The Morgan fingerprint density at radius 1 is 1.07 bits per heavy atom. The number of halogens is 1. The number of hydrogen-bond acceptors (Lipinski definition) is 12. The number of methoxy groups -OCH3 is 2. The molecule has 16 heteroatoms. The Kier molecular flexibility index (Phi) is 9.05. The van der Waals surface area contributed by atoms with E-state index in [1.165, 1.54) is 18.8 Å². The first-order chi connectivity index (χ1) is 20.2. The van der Waals surface area contributed by atoms with Crippen molar-refractivity contribution in [2.45, 2.75) is 43.8 Å². The van der Waals surface area contributed by atoms with E-state index in [9.17, 15) is 12.8 Å². The molecule has 42 heavy (non-hydrogen) atoms. The number of nitrogens with one attached hydrogen (secondary N) is 1. The van der Waals surface area contributed by atoms with E-state index in [-0.39, 0.29) is 37.6 Å². The third-order valence-electron chi connectivity index (χ3n) is 6.82. The minimum Gasteiger partial charge on any atom is -0.494 e. The number of ether oxygens (including phenoxy) is 5. The fraction of sp³-hybridized carbons (Fsp3) is 0.538. The van der Waals surface area contributed by atoms with Gasteiger partial charge in [0, 0.05) is 13.1 Å². The van der Waals surface area contributed by atoms with E-state index in [0.717, 1.165) is 12.4 Å². The number of piperidine rings is 1. The van der Waals surface area contributed by atoms with Crippen molar-refractivity contribution in [2.75, 3.05) is 56.8 Å². The van der Waals surface area contributed by atoms with Gasteiger partial charge < -0.3 is 28.6 Å². The normalized spacial score (nSPS) is 21.4. The SMILES string of the molecule is COc1cccc(OC)c1-n1c(NS(=O)(=O)[C@@H]2C[C@H](OC(C)C)CN(c3ncc(F)cn3)C2)nnc1[C@@H]1COCCO1. The molecule has 0 amide bonds. The molecule has 0 bridgehead atoms. The lowest BCUT2D eigenvalue weighted by atomic mass is 10.1. The number of aromatic nitrogens is 5. The molecule has 2 aromatic heterocycles. The molecule has 0 aliphatic carbocycles. The van der Waals surface area contributed by atoms with E-state index in [4.69, 9.17) is 23.7 Å². The summed E-state index contributed by atoms with van der Waals surface area (Å²) < 4.78 is 74.4. The van der Waals surface area contributed by atoms with E-state index >= 15 is 0 Å². The number of hydrogen-bond donors (Lipinski definition) is 1. The zero-order valence-electron chi connectivity index (χ0n) is 23.8. The van der Waals surface area contributed by atoms with E-state index < -0.39 is 33.3 Å². The van der Waals surface area contributed by atoms with Gasteiger partial charge in [-0.15, -0.1) is 10.2 Å². The lowest BCUT2D eigenvalue weighted by Gasteiger charge is -2.37. The Labute approximate surface area is 243 Å². The zero-order chi connectivity index (χ0) is 29.9. The standard InChI is InChI=1S/C26H34FN7O7S/c1-16(2)41-18-10-19(14-33(13-18)25-28-11-17(27)12-29-25)42(35,36)32-26-31-30-24(22-15-39-8-9-40-22)34(26)23-20(37-3)6-5-7-21(23)38-4/h5-7,11-12,16,18-19,22H,8-10,13-15H2,1-4H3,(H,31,32)/t18-,19+,22-/m0/s1. The average Bonchev–Trinajstić information content (AvgIpc) is 3.39. The summed E-state index contributed by atoms with van der Waals surface area (Å²) in [7, 11) is -1.13. The Morgan fingerprint density at radius 3 is 2.40 bits per heavy atom. The van der Waals surface area contributed by atoms with Crippen molar-refractivity contribution in [3.05, 3.63) is 42.2 Å². The second-order valence-electron chi connectivity index (χ2n) is 10.1. The monoisotopic (exact) mass is 607 g/mol. The molecule has 5 rings (SSSR count). The Hall–Kier alpha value is -3.60. The van der Waals surface area contributed by atoms with Crippen LogP contribution in [0.25, 0.3) is 5.69 Å². The molecule has 0 unspecified atom stereocenters. The summed E-state index contributed by atoms with van der Waals surface area (Å²) in [5.74, 6) is 0.628. The number of benzene rings is 1. The van der Waals surface area contributed by atoms with Crippen LogP contribution in [0.1, 0.15) is 32.2 Å². The van der Waals surface area contributed by atoms with Gasteiger partial charge in [-0.1, -0.05) is 6.07 Å². The van der Waals surface area contributed by atoms with Crippen LogP contribution in [0, 0.1) is 5.82 Å². The molecule has 2 aliphatic heterocycles. The third kappa shape index (κ3) is 6.40. The molecular formula is C26H34FN7O7S. The van der Waals surface area contributed by atoms with E-state index in [2.05, 4.69) is 24.9 Å². The maximum atomic E-state index is 14.0. The quantitative estimate of drug-likeness (QED) is 0.359. The molecule has 4 heterocycles. The van der Waals surface area contributed by atoms with Gasteiger partial charge in [-0.05, 0) is 32.4 Å². The molecule has 0 saturated carbocycles. The largest absolute Gasteiger partial charge is 0.494 e. The number of nitrogens with zero attached hydrogens (tertiary/aromatic N) is 6. The van der Waals surface area contributed by atoms with Crippen LogP contribution in [0.3, 0.4) is 0 Å². The van der Waals surface area contributed by atoms with Crippen LogP contribution in [0.5, 0.6) is 11.5 Å². The summed E-state index contributed by atoms with van der Waals surface area (Å²) in [6.07, 6.45) is 1.05. The fourth-order valence-corrected chi connectivity index (χ4v) is 6.44. The maximum Gasteiger partial charge on any atom is 0.243 e. The Morgan fingerprint density at radius 2 is 1.79 bits per heavy atom. The van der Waals surface area contributed by atoms with Gasteiger partial charge in [0.15, 0.2) is 11.6 Å². The molecule has 1 aromatic carbocycles. The topological polar surface area (TPSA) is 152 Å². The molecule has 0 radical (unpaired) electrons. The highest BCUT2D eigenvalue weighted by molar-refractivity contribution is 7.93. The lowest BCUT2D eigenvalue weighted by Crippen LogP contribution is -2.51. The van der Waals surface area contributed by atoms with Crippen LogP contribution in [0.15, 0.2) is 30.6 Å². The van der Waals surface area contributed by atoms with Gasteiger partial charge in [0.25, 0.3) is 0 Å². The van der Waals surface area contributed by atoms with E-state index in [0.29, 0.717) is 42.8 Å². The van der Waals surface area contributed by atoms with Crippen molar-refractivity contribution in [1.29, 1.82) is 0 Å². The number of sulfonamides is 1. The molecular weight excluding hydrogens is 573 g/mol. The van der Waals surface area contributed by atoms with Crippen molar-refractivity contribution >= 4 is 21.9 Å². The predicted molar refractivity (Wildman–Crippen MR) is 149 cm³/mol. The molecule has 1 N–H and O–H groups in total. The van der Waals surface area contributed by atoms with E-state index in [1.807, 2.05) is 13.8 Å². The van der Waals surface area contributed by atoms with Crippen LogP contribution in [0.4, 0.5) is 16.3 Å². The van der Waals surface area contributed by atoms with Crippen LogP contribution < -0.4 is 19.1 Å².